The van der Waals surface area contributed by atoms with Gasteiger partial charge in [-0.3, -0.25) is 0 Å². The summed E-state index contributed by atoms with van der Waals surface area (Å²) in [4.78, 5) is 6.87. The SMILES string of the molecule is Cn1ccnc1N1CC[C@H]2CNC[C@H]21. The Bertz CT molecular complexity index is 333. The Labute approximate surface area is 83.9 Å². The van der Waals surface area contributed by atoms with Crippen molar-refractivity contribution in [3.63, 3.8) is 0 Å². The highest BCUT2D eigenvalue weighted by Crippen LogP contribution is 2.30. The molecule has 2 aliphatic rings. The van der Waals surface area contributed by atoms with E-state index in [1.807, 2.05) is 12.4 Å². The lowest BCUT2D eigenvalue weighted by Crippen LogP contribution is -2.35. The van der Waals surface area contributed by atoms with E-state index in [0.717, 1.165) is 18.4 Å². The van der Waals surface area contributed by atoms with Crippen molar-refractivity contribution >= 4 is 5.95 Å². The summed E-state index contributed by atoms with van der Waals surface area (Å²) < 4.78 is 2.11. The predicted octanol–water partition coefficient (Wildman–Crippen LogP) is 0.218. The zero-order chi connectivity index (χ0) is 9.54. The predicted molar refractivity (Wildman–Crippen MR) is 55.3 cm³/mol. The van der Waals surface area contributed by atoms with Crippen LogP contribution in [0.25, 0.3) is 0 Å². The fourth-order valence-electron chi connectivity index (χ4n) is 2.73. The van der Waals surface area contributed by atoms with Crippen LogP contribution in [0.15, 0.2) is 12.4 Å². The van der Waals surface area contributed by atoms with E-state index in [1.165, 1.54) is 19.5 Å². The van der Waals surface area contributed by atoms with Gasteiger partial charge in [-0.25, -0.2) is 4.98 Å². The maximum atomic E-state index is 4.42. The highest BCUT2D eigenvalue weighted by atomic mass is 15.3. The third-order valence-corrected chi connectivity index (χ3v) is 3.50. The van der Waals surface area contributed by atoms with Gasteiger partial charge in [0.25, 0.3) is 0 Å². The summed E-state index contributed by atoms with van der Waals surface area (Å²) in [7, 11) is 2.07. The number of anilines is 1. The summed E-state index contributed by atoms with van der Waals surface area (Å²) >= 11 is 0. The number of aromatic nitrogens is 2. The minimum absolute atomic E-state index is 0.677. The van der Waals surface area contributed by atoms with Crippen LogP contribution in [0.3, 0.4) is 0 Å². The molecule has 2 fully saturated rings. The molecule has 4 nitrogen and oxygen atoms in total. The van der Waals surface area contributed by atoms with Crippen molar-refractivity contribution in [3.05, 3.63) is 12.4 Å². The van der Waals surface area contributed by atoms with Gasteiger partial charge in [0, 0.05) is 45.1 Å². The van der Waals surface area contributed by atoms with Crippen LogP contribution in [0.5, 0.6) is 0 Å². The molecule has 2 aliphatic heterocycles. The van der Waals surface area contributed by atoms with E-state index in [9.17, 15) is 0 Å². The topological polar surface area (TPSA) is 33.1 Å². The molecule has 2 saturated heterocycles. The molecule has 14 heavy (non-hydrogen) atoms. The van der Waals surface area contributed by atoms with Crippen LogP contribution in [-0.4, -0.2) is 35.2 Å². The Morgan fingerprint density at radius 2 is 2.43 bits per heavy atom. The molecule has 2 atom stereocenters. The van der Waals surface area contributed by atoms with Crippen molar-refractivity contribution in [2.75, 3.05) is 24.5 Å². The van der Waals surface area contributed by atoms with E-state index in [4.69, 9.17) is 0 Å². The maximum absolute atomic E-state index is 4.42. The first kappa shape index (κ1) is 8.29. The first-order valence-corrected chi connectivity index (χ1v) is 5.31. The Hall–Kier alpha value is -1.03. The van der Waals surface area contributed by atoms with Crippen molar-refractivity contribution in [2.24, 2.45) is 13.0 Å². The van der Waals surface area contributed by atoms with Crippen LogP contribution >= 0.6 is 0 Å². The fourth-order valence-corrected chi connectivity index (χ4v) is 2.73. The summed E-state index contributed by atoms with van der Waals surface area (Å²) in [6.45, 7) is 3.48. The number of rotatable bonds is 1. The molecule has 0 bridgehead atoms. The first-order valence-electron chi connectivity index (χ1n) is 5.31. The van der Waals surface area contributed by atoms with Gasteiger partial charge in [0.05, 0.1) is 0 Å². The molecule has 0 unspecified atom stereocenters. The van der Waals surface area contributed by atoms with Crippen molar-refractivity contribution < 1.29 is 0 Å². The third-order valence-electron chi connectivity index (χ3n) is 3.50. The number of aryl methyl sites for hydroxylation is 1. The summed E-state index contributed by atoms with van der Waals surface area (Å²) in [6.07, 6.45) is 5.21. The normalized spacial score (nSPS) is 31.1. The molecule has 3 rings (SSSR count). The van der Waals surface area contributed by atoms with E-state index in [0.29, 0.717) is 6.04 Å². The van der Waals surface area contributed by atoms with Crippen molar-refractivity contribution in [2.45, 2.75) is 12.5 Å². The summed E-state index contributed by atoms with van der Waals surface area (Å²) in [6, 6.07) is 0.677. The highest BCUT2D eigenvalue weighted by molar-refractivity contribution is 5.36. The molecule has 0 aromatic carbocycles. The van der Waals surface area contributed by atoms with Gasteiger partial charge in [-0.2, -0.15) is 0 Å². The first-order chi connectivity index (χ1) is 6.86. The van der Waals surface area contributed by atoms with Gasteiger partial charge in [-0.1, -0.05) is 0 Å². The van der Waals surface area contributed by atoms with Crippen LogP contribution in [0.4, 0.5) is 5.95 Å². The summed E-state index contributed by atoms with van der Waals surface area (Å²) in [5.74, 6) is 1.97. The molecule has 0 aliphatic carbocycles. The van der Waals surface area contributed by atoms with Crippen LogP contribution in [0, 0.1) is 5.92 Å². The van der Waals surface area contributed by atoms with Gasteiger partial charge in [0.1, 0.15) is 0 Å². The van der Waals surface area contributed by atoms with Crippen LogP contribution < -0.4 is 10.2 Å². The molecule has 3 heterocycles. The number of nitrogens with zero attached hydrogens (tertiary/aromatic N) is 3. The summed E-state index contributed by atoms with van der Waals surface area (Å²) in [5, 5.41) is 3.46. The van der Waals surface area contributed by atoms with Gasteiger partial charge in [0.15, 0.2) is 0 Å². The molecule has 0 radical (unpaired) electrons. The van der Waals surface area contributed by atoms with Crippen LogP contribution in [0.2, 0.25) is 0 Å². The number of fused-ring (bicyclic) bond motifs is 1. The highest BCUT2D eigenvalue weighted by Gasteiger charge is 2.38. The lowest BCUT2D eigenvalue weighted by molar-refractivity contribution is 0.574. The molecule has 1 aromatic rings. The Morgan fingerprint density at radius 3 is 3.21 bits per heavy atom. The quantitative estimate of drug-likeness (QED) is 0.691. The average molecular weight is 192 g/mol. The standard InChI is InChI=1S/C10H16N4/c1-13-5-3-12-10(13)14-4-2-8-6-11-7-9(8)14/h3,5,8-9,11H,2,4,6-7H2,1H3/t8-,9+/m0/s1. The Balaban J connectivity index is 1.89. The Morgan fingerprint density at radius 1 is 1.50 bits per heavy atom. The lowest BCUT2D eigenvalue weighted by atomic mass is 10.1. The van der Waals surface area contributed by atoms with Crippen molar-refractivity contribution in [1.29, 1.82) is 0 Å². The van der Waals surface area contributed by atoms with Gasteiger partial charge >= 0.3 is 0 Å². The molecule has 76 valence electrons. The Kier molecular flexibility index (Phi) is 1.77. The fraction of sp³-hybridized carbons (Fsp3) is 0.700. The van der Waals surface area contributed by atoms with E-state index in [1.54, 1.807) is 0 Å². The molecule has 1 aromatic heterocycles. The van der Waals surface area contributed by atoms with E-state index in [2.05, 4.69) is 26.8 Å². The summed E-state index contributed by atoms with van der Waals surface area (Å²) in [5.41, 5.74) is 0. The second-order valence-electron chi connectivity index (χ2n) is 4.31. The largest absolute Gasteiger partial charge is 0.338 e. The maximum Gasteiger partial charge on any atom is 0.205 e. The molecular formula is C10H16N4. The molecule has 0 amide bonds. The van der Waals surface area contributed by atoms with Crippen LogP contribution in [0.1, 0.15) is 6.42 Å². The number of imidazole rings is 1. The van der Waals surface area contributed by atoms with Gasteiger partial charge < -0.3 is 14.8 Å². The van der Waals surface area contributed by atoms with Crippen LogP contribution in [-0.2, 0) is 7.05 Å². The molecule has 1 N–H and O–H groups in total. The van der Waals surface area contributed by atoms with Crippen molar-refractivity contribution in [3.8, 4) is 0 Å². The van der Waals surface area contributed by atoms with E-state index < -0.39 is 0 Å². The third kappa shape index (κ3) is 1.07. The zero-order valence-electron chi connectivity index (χ0n) is 8.48. The molecular weight excluding hydrogens is 176 g/mol. The molecule has 0 spiro atoms. The van der Waals surface area contributed by atoms with Gasteiger partial charge in [-0.15, -0.1) is 0 Å². The van der Waals surface area contributed by atoms with E-state index in [-0.39, 0.29) is 0 Å². The second-order valence-corrected chi connectivity index (χ2v) is 4.31. The number of nitrogens with one attached hydrogen (secondary N) is 1. The van der Waals surface area contributed by atoms with E-state index >= 15 is 0 Å². The minimum Gasteiger partial charge on any atom is -0.338 e. The van der Waals surface area contributed by atoms with Gasteiger partial charge in [-0.05, 0) is 12.3 Å². The zero-order valence-corrected chi connectivity index (χ0v) is 8.48. The monoisotopic (exact) mass is 192 g/mol. The van der Waals surface area contributed by atoms with Gasteiger partial charge in [0.2, 0.25) is 5.95 Å². The molecule has 4 heteroatoms. The number of hydrogen-bond donors (Lipinski definition) is 1. The number of hydrogen-bond acceptors (Lipinski definition) is 3. The molecule has 0 saturated carbocycles. The minimum atomic E-state index is 0.677. The lowest BCUT2D eigenvalue weighted by Gasteiger charge is -2.24. The second kappa shape index (κ2) is 2.98. The average Bonchev–Trinajstić information content (AvgIpc) is 2.78. The van der Waals surface area contributed by atoms with Crippen molar-refractivity contribution in [1.82, 2.24) is 14.9 Å². The smallest absolute Gasteiger partial charge is 0.205 e.